The van der Waals surface area contributed by atoms with Gasteiger partial charge in [-0.25, -0.2) is 4.79 Å². The summed E-state index contributed by atoms with van der Waals surface area (Å²) in [4.78, 5) is 23.9. The van der Waals surface area contributed by atoms with Crippen molar-refractivity contribution < 1.29 is 14.3 Å². The third-order valence-corrected chi connectivity index (χ3v) is 5.51. The van der Waals surface area contributed by atoms with Crippen molar-refractivity contribution in [1.29, 1.82) is 0 Å². The van der Waals surface area contributed by atoms with E-state index in [4.69, 9.17) is 10.5 Å². The molecule has 0 spiro atoms. The van der Waals surface area contributed by atoms with Crippen LogP contribution in [0.25, 0.3) is 16.4 Å². The lowest BCUT2D eigenvalue weighted by Crippen LogP contribution is -2.39. The first kappa shape index (κ1) is 18.9. The molecular formula is C17H17N5O3S2. The highest BCUT2D eigenvalue weighted by molar-refractivity contribution is 8.00. The topological polar surface area (TPSA) is 112 Å². The van der Waals surface area contributed by atoms with Crippen molar-refractivity contribution >= 4 is 35.0 Å². The average molecular weight is 403 g/mol. The number of amides is 3. The first-order chi connectivity index (χ1) is 13.0. The smallest absolute Gasteiger partial charge is 0.318 e. The Morgan fingerprint density at radius 1 is 1.26 bits per heavy atom. The van der Waals surface area contributed by atoms with Gasteiger partial charge in [0.25, 0.3) is 0 Å². The van der Waals surface area contributed by atoms with Crippen molar-refractivity contribution in [3.8, 4) is 22.1 Å². The number of hydrogen-bond acceptors (Lipinski definition) is 7. The standard InChI is InChI=1S/C17H17N5O3S2/c1-10(15(23)19-16(18)24)27-17-21-20-14(13-8-5-9-26-13)22(17)11-6-3-4-7-12(11)25-2/h3-10H,1-2H3,(H3,18,19,23,24). The second kappa shape index (κ2) is 8.23. The molecule has 1 aromatic carbocycles. The number of thioether (sulfide) groups is 1. The van der Waals surface area contributed by atoms with Crippen LogP contribution in [0.2, 0.25) is 0 Å². The molecule has 0 aliphatic rings. The minimum Gasteiger partial charge on any atom is -0.495 e. The first-order valence-corrected chi connectivity index (χ1v) is 9.67. The molecule has 2 heterocycles. The SMILES string of the molecule is COc1ccccc1-n1c(SC(C)C(=O)NC(N)=O)nnc1-c1cccs1. The molecule has 0 aliphatic carbocycles. The van der Waals surface area contributed by atoms with Crippen LogP contribution in [0.4, 0.5) is 4.79 Å². The Bertz CT molecular complexity index is 955. The average Bonchev–Trinajstić information content (AvgIpc) is 3.30. The van der Waals surface area contributed by atoms with Crippen LogP contribution in [0.15, 0.2) is 46.9 Å². The van der Waals surface area contributed by atoms with Gasteiger partial charge in [-0.2, -0.15) is 0 Å². The molecular weight excluding hydrogens is 386 g/mol. The monoisotopic (exact) mass is 403 g/mol. The number of carbonyl (C=O) groups is 2. The van der Waals surface area contributed by atoms with Gasteiger partial charge in [0, 0.05) is 0 Å². The molecule has 8 nitrogen and oxygen atoms in total. The van der Waals surface area contributed by atoms with Gasteiger partial charge in [-0.3, -0.25) is 14.7 Å². The van der Waals surface area contributed by atoms with Crippen molar-refractivity contribution in [3.63, 3.8) is 0 Å². The zero-order valence-electron chi connectivity index (χ0n) is 14.6. The Balaban J connectivity index is 2.05. The predicted molar refractivity (Wildman–Crippen MR) is 104 cm³/mol. The molecule has 0 aliphatic heterocycles. The van der Waals surface area contributed by atoms with Crippen LogP contribution in [0.3, 0.4) is 0 Å². The Morgan fingerprint density at radius 2 is 2.04 bits per heavy atom. The van der Waals surface area contributed by atoms with Gasteiger partial charge in [0.05, 0.1) is 22.9 Å². The zero-order valence-corrected chi connectivity index (χ0v) is 16.2. The second-order valence-electron chi connectivity index (χ2n) is 5.40. The van der Waals surface area contributed by atoms with Crippen molar-refractivity contribution in [2.75, 3.05) is 7.11 Å². The van der Waals surface area contributed by atoms with Gasteiger partial charge in [0.2, 0.25) is 5.91 Å². The quantitative estimate of drug-likeness (QED) is 0.612. The van der Waals surface area contributed by atoms with Crippen LogP contribution >= 0.6 is 23.1 Å². The number of carbonyl (C=O) groups excluding carboxylic acids is 2. The fourth-order valence-electron chi connectivity index (χ4n) is 2.38. The molecule has 2 aromatic heterocycles. The number of methoxy groups -OCH3 is 1. The number of rotatable bonds is 6. The van der Waals surface area contributed by atoms with E-state index < -0.39 is 17.2 Å². The maximum Gasteiger partial charge on any atom is 0.318 e. The summed E-state index contributed by atoms with van der Waals surface area (Å²) >= 11 is 2.70. The van der Waals surface area contributed by atoms with Crippen molar-refractivity contribution in [1.82, 2.24) is 20.1 Å². The maximum absolute atomic E-state index is 12.1. The van der Waals surface area contributed by atoms with E-state index in [0.29, 0.717) is 16.7 Å². The molecule has 10 heteroatoms. The van der Waals surface area contributed by atoms with Crippen LogP contribution in [-0.2, 0) is 4.79 Å². The number of urea groups is 1. The number of nitrogens with two attached hydrogens (primary N) is 1. The van der Waals surface area contributed by atoms with Gasteiger partial charge in [-0.1, -0.05) is 30.0 Å². The van der Waals surface area contributed by atoms with E-state index in [1.807, 2.05) is 46.3 Å². The van der Waals surface area contributed by atoms with Gasteiger partial charge in [0.15, 0.2) is 11.0 Å². The maximum atomic E-state index is 12.1. The summed E-state index contributed by atoms with van der Waals surface area (Å²) in [7, 11) is 1.59. The molecule has 0 saturated carbocycles. The summed E-state index contributed by atoms with van der Waals surface area (Å²) in [5.74, 6) is 0.783. The molecule has 3 rings (SSSR count). The van der Waals surface area contributed by atoms with Crippen LogP contribution in [0.5, 0.6) is 5.75 Å². The number of benzene rings is 1. The van der Waals surface area contributed by atoms with E-state index >= 15 is 0 Å². The number of aromatic nitrogens is 3. The van der Waals surface area contributed by atoms with Gasteiger partial charge in [-0.15, -0.1) is 21.5 Å². The van der Waals surface area contributed by atoms with E-state index in [2.05, 4.69) is 15.5 Å². The third-order valence-electron chi connectivity index (χ3n) is 3.60. The van der Waals surface area contributed by atoms with E-state index in [9.17, 15) is 9.59 Å². The summed E-state index contributed by atoms with van der Waals surface area (Å²) in [6.07, 6.45) is 0. The molecule has 3 N–H and O–H groups in total. The number of para-hydroxylation sites is 2. The van der Waals surface area contributed by atoms with Gasteiger partial charge in [-0.05, 0) is 30.5 Å². The highest BCUT2D eigenvalue weighted by Crippen LogP contribution is 2.35. The van der Waals surface area contributed by atoms with Crippen LogP contribution in [-0.4, -0.2) is 39.1 Å². The number of thiophene rings is 1. The van der Waals surface area contributed by atoms with Crippen molar-refractivity contribution in [2.24, 2.45) is 5.73 Å². The normalized spacial score (nSPS) is 11.8. The molecule has 0 radical (unpaired) electrons. The molecule has 1 unspecified atom stereocenters. The third kappa shape index (κ3) is 4.12. The van der Waals surface area contributed by atoms with E-state index in [1.165, 1.54) is 23.1 Å². The largest absolute Gasteiger partial charge is 0.495 e. The molecule has 0 saturated heterocycles. The molecule has 27 heavy (non-hydrogen) atoms. The Labute approximate surface area is 163 Å². The number of ether oxygens (including phenoxy) is 1. The molecule has 1 atom stereocenters. The summed E-state index contributed by atoms with van der Waals surface area (Å²) in [6.45, 7) is 1.66. The van der Waals surface area contributed by atoms with Crippen LogP contribution in [0.1, 0.15) is 6.92 Å². The number of nitrogens with zero attached hydrogens (tertiary/aromatic N) is 3. The molecule has 0 fully saturated rings. The Morgan fingerprint density at radius 3 is 2.70 bits per heavy atom. The Kier molecular flexibility index (Phi) is 5.77. The fraction of sp³-hybridized carbons (Fsp3) is 0.176. The number of nitrogens with one attached hydrogen (secondary N) is 1. The van der Waals surface area contributed by atoms with Gasteiger partial charge >= 0.3 is 6.03 Å². The highest BCUT2D eigenvalue weighted by Gasteiger charge is 2.24. The number of hydrogen-bond donors (Lipinski definition) is 2. The summed E-state index contributed by atoms with van der Waals surface area (Å²) in [5, 5.41) is 12.5. The Hall–Kier alpha value is -2.85. The lowest BCUT2D eigenvalue weighted by Gasteiger charge is -2.15. The van der Waals surface area contributed by atoms with E-state index in [-0.39, 0.29) is 0 Å². The van der Waals surface area contributed by atoms with Crippen molar-refractivity contribution in [2.45, 2.75) is 17.3 Å². The van der Waals surface area contributed by atoms with Crippen LogP contribution < -0.4 is 15.8 Å². The molecule has 3 aromatic rings. The second-order valence-corrected chi connectivity index (χ2v) is 7.66. The van der Waals surface area contributed by atoms with Crippen molar-refractivity contribution in [3.05, 3.63) is 41.8 Å². The van der Waals surface area contributed by atoms with E-state index in [1.54, 1.807) is 14.0 Å². The van der Waals surface area contributed by atoms with Crippen LogP contribution in [0, 0.1) is 0 Å². The summed E-state index contributed by atoms with van der Waals surface area (Å²) in [6, 6.07) is 10.5. The summed E-state index contributed by atoms with van der Waals surface area (Å²) < 4.78 is 7.32. The predicted octanol–water partition coefficient (Wildman–Crippen LogP) is 2.68. The van der Waals surface area contributed by atoms with E-state index in [0.717, 1.165) is 10.6 Å². The molecule has 3 amide bonds. The minimum absolute atomic E-state index is 0.495. The molecule has 140 valence electrons. The lowest BCUT2D eigenvalue weighted by molar-refractivity contribution is -0.119. The number of primary amides is 1. The highest BCUT2D eigenvalue weighted by atomic mass is 32.2. The minimum atomic E-state index is -0.891. The number of imide groups is 1. The first-order valence-electron chi connectivity index (χ1n) is 7.91. The van der Waals surface area contributed by atoms with Gasteiger partial charge in [0.1, 0.15) is 5.75 Å². The summed E-state index contributed by atoms with van der Waals surface area (Å²) in [5.41, 5.74) is 5.77. The van der Waals surface area contributed by atoms with Gasteiger partial charge < -0.3 is 10.5 Å². The lowest BCUT2D eigenvalue weighted by atomic mass is 10.3. The zero-order chi connectivity index (χ0) is 19.4. The fourth-order valence-corrected chi connectivity index (χ4v) is 3.94. The molecule has 0 bridgehead atoms.